The second kappa shape index (κ2) is 11.7. The number of aryl methyl sites for hydroxylation is 2. The molecule has 3 heterocycles. The van der Waals surface area contributed by atoms with E-state index >= 15 is 0 Å². The minimum atomic E-state index is -2.35. The lowest BCUT2D eigenvalue weighted by molar-refractivity contribution is -0.122. The molecule has 34 heavy (non-hydrogen) atoms. The van der Waals surface area contributed by atoms with Crippen LogP contribution in [0.1, 0.15) is 58.7 Å². The molecule has 1 fully saturated rings. The van der Waals surface area contributed by atoms with E-state index in [0.29, 0.717) is 62.4 Å². The van der Waals surface area contributed by atoms with Crippen LogP contribution in [0.15, 0.2) is 9.59 Å². The highest BCUT2D eigenvalue weighted by Gasteiger charge is 2.23. The van der Waals surface area contributed by atoms with Gasteiger partial charge in [0.2, 0.25) is 5.91 Å². The van der Waals surface area contributed by atoms with Gasteiger partial charge in [0.25, 0.3) is 12.0 Å². The summed E-state index contributed by atoms with van der Waals surface area (Å²) in [5, 5.41) is 3.00. The molecular weight excluding hydrogens is 446 g/mol. The van der Waals surface area contributed by atoms with Crippen LogP contribution < -0.4 is 16.6 Å². The molecule has 1 aliphatic heterocycles. The number of carbonyl (C=O) groups is 1. The van der Waals surface area contributed by atoms with Gasteiger partial charge < -0.3 is 9.88 Å². The van der Waals surface area contributed by atoms with Gasteiger partial charge in [0, 0.05) is 45.1 Å². The van der Waals surface area contributed by atoms with Crippen LogP contribution in [-0.4, -0.2) is 62.0 Å². The summed E-state index contributed by atoms with van der Waals surface area (Å²) in [5.41, 5.74) is -0.203. The number of imidazole rings is 1. The van der Waals surface area contributed by atoms with Crippen LogP contribution in [0.3, 0.4) is 0 Å². The molecule has 2 aromatic rings. The summed E-state index contributed by atoms with van der Waals surface area (Å²) in [6.45, 7) is 7.95. The predicted molar refractivity (Wildman–Crippen MR) is 126 cm³/mol. The molecule has 9 nitrogen and oxygen atoms in total. The molecule has 0 atom stereocenters. The number of halogens is 2. The van der Waals surface area contributed by atoms with E-state index in [4.69, 9.17) is 0 Å². The van der Waals surface area contributed by atoms with Crippen molar-refractivity contribution in [3.8, 4) is 0 Å². The molecule has 0 unspecified atom stereocenters. The van der Waals surface area contributed by atoms with Gasteiger partial charge in [0.15, 0.2) is 11.2 Å². The van der Waals surface area contributed by atoms with Gasteiger partial charge in [-0.2, -0.15) is 0 Å². The van der Waals surface area contributed by atoms with Crippen molar-refractivity contribution in [1.29, 1.82) is 0 Å². The van der Waals surface area contributed by atoms with Gasteiger partial charge in [-0.15, -0.1) is 0 Å². The zero-order chi connectivity index (χ0) is 24.8. The Hall–Kier alpha value is -2.56. The van der Waals surface area contributed by atoms with Crippen molar-refractivity contribution in [1.82, 2.24) is 29.3 Å². The molecular formula is C23H36F2N6O3. The summed E-state index contributed by atoms with van der Waals surface area (Å²) in [6.07, 6.45) is 1.14. The highest BCUT2D eigenvalue weighted by atomic mass is 19.3. The number of likely N-dealkylation sites (tertiary alicyclic amines) is 1. The second-order valence-corrected chi connectivity index (χ2v) is 9.50. The topological polar surface area (TPSA) is 105 Å². The summed E-state index contributed by atoms with van der Waals surface area (Å²) in [6, 6.07) is -0.0297. The fourth-order valence-electron chi connectivity index (χ4n) is 4.47. The first kappa shape index (κ1) is 26.1. The maximum absolute atomic E-state index is 12.7. The minimum absolute atomic E-state index is 0.0297. The normalized spacial score (nSPS) is 15.6. The van der Waals surface area contributed by atoms with Crippen molar-refractivity contribution in [3.63, 3.8) is 0 Å². The van der Waals surface area contributed by atoms with Crippen LogP contribution in [0.2, 0.25) is 0 Å². The zero-order valence-electron chi connectivity index (χ0n) is 20.3. The van der Waals surface area contributed by atoms with Crippen LogP contribution >= 0.6 is 0 Å². The van der Waals surface area contributed by atoms with Gasteiger partial charge in [-0.1, -0.05) is 27.2 Å². The molecule has 0 spiro atoms. The monoisotopic (exact) mass is 482 g/mol. The first-order chi connectivity index (χ1) is 16.2. The average molecular weight is 483 g/mol. The van der Waals surface area contributed by atoms with Gasteiger partial charge in [0.1, 0.15) is 5.82 Å². The smallest absolute Gasteiger partial charge is 0.330 e. The second-order valence-electron chi connectivity index (χ2n) is 9.50. The Labute approximate surface area is 197 Å². The summed E-state index contributed by atoms with van der Waals surface area (Å²) in [4.78, 5) is 46.5. The number of rotatable bonds is 11. The van der Waals surface area contributed by atoms with E-state index in [1.807, 2.05) is 25.3 Å². The SMILES string of the molecule is CCCCn1c(=O)[nH]c(=O)c2c1nc(CCC(=O)NC1CCN(CC(F)F)CC1)n2CC(C)C. The minimum Gasteiger partial charge on any atom is -0.353 e. The maximum atomic E-state index is 12.7. The van der Waals surface area contributed by atoms with E-state index in [9.17, 15) is 23.2 Å². The Balaban J connectivity index is 1.73. The lowest BCUT2D eigenvalue weighted by Gasteiger charge is -2.32. The number of hydrogen-bond acceptors (Lipinski definition) is 5. The summed E-state index contributed by atoms with van der Waals surface area (Å²) < 4.78 is 28.4. The summed E-state index contributed by atoms with van der Waals surface area (Å²) in [5.74, 6) is 0.707. The summed E-state index contributed by atoms with van der Waals surface area (Å²) in [7, 11) is 0. The standard InChI is InChI=1S/C23H36F2N6O3/c1-4-5-10-30-21-20(22(33)28-23(30)34)31(13-15(2)3)18(27-21)6-7-19(32)26-16-8-11-29(12-9-16)14-17(24)25/h15-17H,4-14H2,1-3H3,(H,26,32)(H,28,33,34). The third kappa shape index (κ3) is 6.52. The largest absolute Gasteiger partial charge is 0.353 e. The van der Waals surface area contributed by atoms with Crippen molar-refractivity contribution in [3.05, 3.63) is 26.7 Å². The molecule has 1 aliphatic rings. The fraction of sp³-hybridized carbons (Fsp3) is 0.739. The predicted octanol–water partition coefficient (Wildman–Crippen LogP) is 2.12. The Morgan fingerprint density at radius 3 is 2.50 bits per heavy atom. The van der Waals surface area contributed by atoms with Crippen molar-refractivity contribution in [2.24, 2.45) is 5.92 Å². The highest BCUT2D eigenvalue weighted by molar-refractivity contribution is 5.77. The van der Waals surface area contributed by atoms with Crippen LogP contribution in [0.5, 0.6) is 0 Å². The number of aromatic amines is 1. The number of fused-ring (bicyclic) bond motifs is 1. The van der Waals surface area contributed by atoms with E-state index in [0.717, 1.165) is 12.8 Å². The lowest BCUT2D eigenvalue weighted by atomic mass is 10.0. The molecule has 1 amide bonds. The van der Waals surface area contributed by atoms with Crippen molar-refractivity contribution < 1.29 is 13.6 Å². The molecule has 0 saturated carbocycles. The van der Waals surface area contributed by atoms with Crippen LogP contribution in [-0.2, 0) is 24.3 Å². The Morgan fingerprint density at radius 1 is 1.18 bits per heavy atom. The molecule has 190 valence electrons. The molecule has 2 N–H and O–H groups in total. The highest BCUT2D eigenvalue weighted by Crippen LogP contribution is 2.17. The zero-order valence-corrected chi connectivity index (χ0v) is 20.3. The molecule has 0 bridgehead atoms. The van der Waals surface area contributed by atoms with Crippen molar-refractivity contribution in [2.75, 3.05) is 19.6 Å². The number of unbranched alkanes of at least 4 members (excludes halogenated alkanes) is 1. The van der Waals surface area contributed by atoms with Crippen molar-refractivity contribution in [2.45, 2.75) is 84.9 Å². The number of nitrogens with one attached hydrogen (secondary N) is 2. The molecule has 3 rings (SSSR count). The Kier molecular flexibility index (Phi) is 8.98. The van der Waals surface area contributed by atoms with E-state index < -0.39 is 17.7 Å². The summed E-state index contributed by atoms with van der Waals surface area (Å²) >= 11 is 0. The van der Waals surface area contributed by atoms with Gasteiger partial charge in [-0.05, 0) is 25.2 Å². The maximum Gasteiger partial charge on any atom is 0.330 e. The molecule has 0 radical (unpaired) electrons. The van der Waals surface area contributed by atoms with E-state index in [1.165, 1.54) is 4.57 Å². The lowest BCUT2D eigenvalue weighted by Crippen LogP contribution is -2.45. The van der Waals surface area contributed by atoms with Gasteiger partial charge in [0.05, 0.1) is 6.54 Å². The van der Waals surface area contributed by atoms with E-state index in [2.05, 4.69) is 15.3 Å². The van der Waals surface area contributed by atoms with E-state index in [-0.39, 0.29) is 30.8 Å². The number of piperidine rings is 1. The quantitative estimate of drug-likeness (QED) is 0.511. The van der Waals surface area contributed by atoms with E-state index in [1.54, 1.807) is 4.90 Å². The number of alkyl halides is 2. The first-order valence-corrected chi connectivity index (χ1v) is 12.2. The molecule has 2 aromatic heterocycles. The Bertz CT molecular complexity index is 1080. The number of hydrogen-bond donors (Lipinski definition) is 2. The Morgan fingerprint density at radius 2 is 1.88 bits per heavy atom. The average Bonchev–Trinajstić information content (AvgIpc) is 3.11. The number of nitrogens with zero attached hydrogens (tertiary/aromatic N) is 4. The van der Waals surface area contributed by atoms with Gasteiger partial charge in [-0.3, -0.25) is 24.0 Å². The van der Waals surface area contributed by atoms with Crippen molar-refractivity contribution >= 4 is 17.1 Å². The van der Waals surface area contributed by atoms with Crippen LogP contribution in [0.4, 0.5) is 8.78 Å². The number of carbonyl (C=O) groups excluding carboxylic acids is 1. The van der Waals surface area contributed by atoms with Gasteiger partial charge >= 0.3 is 5.69 Å². The fourth-order valence-corrected chi connectivity index (χ4v) is 4.47. The number of amides is 1. The third-order valence-electron chi connectivity index (χ3n) is 6.17. The number of aromatic nitrogens is 4. The van der Waals surface area contributed by atoms with Crippen LogP contribution in [0, 0.1) is 5.92 Å². The third-order valence-corrected chi connectivity index (χ3v) is 6.17. The van der Waals surface area contributed by atoms with Crippen LogP contribution in [0.25, 0.3) is 11.2 Å². The molecule has 11 heteroatoms. The molecule has 0 aliphatic carbocycles. The molecule has 1 saturated heterocycles. The molecule has 0 aromatic carbocycles. The van der Waals surface area contributed by atoms with Gasteiger partial charge in [-0.25, -0.2) is 18.6 Å². The first-order valence-electron chi connectivity index (χ1n) is 12.2. The number of H-pyrrole nitrogens is 1.